The van der Waals surface area contributed by atoms with Crippen LogP contribution in [0.4, 0.5) is 10.6 Å². The van der Waals surface area contributed by atoms with Crippen LogP contribution in [0.5, 0.6) is 0 Å². The summed E-state index contributed by atoms with van der Waals surface area (Å²) >= 11 is 9.46. The maximum atomic E-state index is 11.3. The average Bonchev–Trinajstić information content (AvgIpc) is 2.53. The highest BCUT2D eigenvalue weighted by Gasteiger charge is 2.31. The number of benzene rings is 1. The Bertz CT molecular complexity index is 835. The Labute approximate surface area is 151 Å². The van der Waals surface area contributed by atoms with Gasteiger partial charge in [-0.3, -0.25) is 0 Å². The van der Waals surface area contributed by atoms with Crippen LogP contribution >= 0.6 is 27.5 Å². The van der Waals surface area contributed by atoms with Gasteiger partial charge in [-0.1, -0.05) is 15.9 Å². The van der Waals surface area contributed by atoms with Crippen LogP contribution in [0.1, 0.15) is 6.42 Å². The Morgan fingerprint density at radius 2 is 2.25 bits per heavy atom. The van der Waals surface area contributed by atoms with E-state index >= 15 is 0 Å². The number of nitriles is 1. The van der Waals surface area contributed by atoms with Crippen molar-refractivity contribution < 1.29 is 9.90 Å². The van der Waals surface area contributed by atoms with Crippen LogP contribution in [-0.2, 0) is 0 Å². The van der Waals surface area contributed by atoms with E-state index in [0.29, 0.717) is 31.0 Å². The monoisotopic (exact) mass is 409 g/mol. The summed E-state index contributed by atoms with van der Waals surface area (Å²) in [5.74, 6) is 0.658. The lowest BCUT2D eigenvalue weighted by atomic mass is 10.1. The Morgan fingerprint density at radius 3 is 2.96 bits per heavy atom. The zero-order valence-electron chi connectivity index (χ0n) is 12.5. The minimum atomic E-state index is -1.01. The van der Waals surface area contributed by atoms with Crippen LogP contribution in [0.25, 0.3) is 10.9 Å². The van der Waals surface area contributed by atoms with Gasteiger partial charge in [-0.25, -0.2) is 9.78 Å². The molecule has 7 nitrogen and oxygen atoms in total. The Hall–Kier alpha value is -2.11. The van der Waals surface area contributed by atoms with E-state index in [0.717, 1.165) is 9.86 Å². The summed E-state index contributed by atoms with van der Waals surface area (Å²) in [6.07, 6.45) is -0.880. The summed E-state index contributed by atoms with van der Waals surface area (Å²) in [5.41, 5.74) is 0.705. The largest absolute Gasteiger partial charge is 0.465 e. The third kappa shape index (κ3) is 3.23. The second-order valence-electron chi connectivity index (χ2n) is 5.42. The van der Waals surface area contributed by atoms with Gasteiger partial charge in [-0.15, -0.1) is 0 Å². The third-order valence-corrected chi connectivity index (χ3v) is 4.63. The molecule has 1 aromatic carbocycles. The molecule has 1 aromatic heterocycles. The lowest BCUT2D eigenvalue weighted by Gasteiger charge is -2.39. The first kappa shape index (κ1) is 16.7. The van der Waals surface area contributed by atoms with Gasteiger partial charge in [0.05, 0.1) is 24.0 Å². The fraction of sp³-hybridized carbons (Fsp3) is 0.333. The molecule has 124 valence electrons. The van der Waals surface area contributed by atoms with Crippen LogP contribution < -0.4 is 4.90 Å². The molecule has 24 heavy (non-hydrogen) atoms. The third-order valence-electron chi connectivity index (χ3n) is 3.97. The summed E-state index contributed by atoms with van der Waals surface area (Å²) < 4.78 is 0.883. The van der Waals surface area contributed by atoms with E-state index in [2.05, 4.69) is 32.0 Å². The van der Waals surface area contributed by atoms with Gasteiger partial charge in [-0.2, -0.15) is 10.2 Å². The van der Waals surface area contributed by atoms with Crippen molar-refractivity contribution in [1.29, 1.82) is 5.26 Å². The molecular weight excluding hydrogens is 398 g/mol. The first-order chi connectivity index (χ1) is 11.5. The molecule has 0 bridgehead atoms. The lowest BCUT2D eigenvalue weighted by molar-refractivity contribution is 0.119. The fourth-order valence-electron chi connectivity index (χ4n) is 2.88. The van der Waals surface area contributed by atoms with Crippen LogP contribution in [0, 0.1) is 11.3 Å². The molecule has 3 rings (SSSR count). The summed E-state index contributed by atoms with van der Waals surface area (Å²) in [7, 11) is 0. The minimum Gasteiger partial charge on any atom is -0.465 e. The van der Waals surface area contributed by atoms with Gasteiger partial charge in [0.2, 0.25) is 5.28 Å². The average molecular weight is 411 g/mol. The number of carbonyl (C=O) groups is 1. The van der Waals surface area contributed by atoms with Crippen molar-refractivity contribution in [3.05, 3.63) is 28.0 Å². The number of rotatable bonds is 2. The number of fused-ring (bicyclic) bond motifs is 1. The number of amides is 1. The number of hydrogen-bond donors (Lipinski definition) is 1. The van der Waals surface area contributed by atoms with Gasteiger partial charge in [-0.05, 0) is 29.8 Å². The zero-order valence-corrected chi connectivity index (χ0v) is 14.8. The van der Waals surface area contributed by atoms with Gasteiger partial charge in [0.15, 0.2) is 0 Å². The van der Waals surface area contributed by atoms with Gasteiger partial charge in [0.1, 0.15) is 5.82 Å². The Kier molecular flexibility index (Phi) is 4.73. The summed E-state index contributed by atoms with van der Waals surface area (Å²) in [6, 6.07) is 7.29. The molecule has 1 fully saturated rings. The molecule has 2 heterocycles. The predicted molar refractivity (Wildman–Crippen MR) is 93.2 cm³/mol. The highest BCUT2D eigenvalue weighted by molar-refractivity contribution is 9.10. The highest BCUT2D eigenvalue weighted by Crippen LogP contribution is 2.29. The van der Waals surface area contributed by atoms with Crippen LogP contribution in [0.2, 0.25) is 5.28 Å². The van der Waals surface area contributed by atoms with Crippen LogP contribution in [0.3, 0.4) is 0 Å². The van der Waals surface area contributed by atoms with Crippen molar-refractivity contribution in [1.82, 2.24) is 14.9 Å². The number of anilines is 1. The topological polar surface area (TPSA) is 93.4 Å². The maximum Gasteiger partial charge on any atom is 0.407 e. The molecule has 0 saturated carbocycles. The lowest BCUT2D eigenvalue weighted by Crippen LogP contribution is -2.55. The molecule has 0 radical (unpaired) electrons. The summed E-state index contributed by atoms with van der Waals surface area (Å²) in [4.78, 5) is 23.2. The van der Waals surface area contributed by atoms with Gasteiger partial charge in [0, 0.05) is 29.5 Å². The van der Waals surface area contributed by atoms with Crippen molar-refractivity contribution >= 4 is 50.3 Å². The number of carboxylic acid groups (broad SMARTS) is 1. The molecule has 0 spiro atoms. The van der Waals surface area contributed by atoms with Gasteiger partial charge >= 0.3 is 6.09 Å². The molecular formula is C15H13BrClN5O2. The Balaban J connectivity index is 1.99. The number of aromatic nitrogens is 2. The van der Waals surface area contributed by atoms with Crippen molar-refractivity contribution in [3.63, 3.8) is 0 Å². The number of nitrogens with zero attached hydrogens (tertiary/aromatic N) is 5. The van der Waals surface area contributed by atoms with Crippen molar-refractivity contribution in [3.8, 4) is 6.07 Å². The first-order valence-corrected chi connectivity index (χ1v) is 8.41. The molecule has 1 saturated heterocycles. The van der Waals surface area contributed by atoms with E-state index in [-0.39, 0.29) is 11.7 Å². The smallest absolute Gasteiger partial charge is 0.407 e. The van der Waals surface area contributed by atoms with E-state index in [1.807, 2.05) is 23.1 Å². The second-order valence-corrected chi connectivity index (χ2v) is 6.67. The van der Waals surface area contributed by atoms with Crippen molar-refractivity contribution in [2.45, 2.75) is 12.5 Å². The van der Waals surface area contributed by atoms with Crippen molar-refractivity contribution in [2.24, 2.45) is 0 Å². The van der Waals surface area contributed by atoms with Crippen LogP contribution in [0.15, 0.2) is 22.7 Å². The van der Waals surface area contributed by atoms with Gasteiger partial charge in [0.25, 0.3) is 0 Å². The fourth-order valence-corrected chi connectivity index (χ4v) is 3.40. The highest BCUT2D eigenvalue weighted by atomic mass is 79.9. The number of piperazine rings is 1. The molecule has 1 atom stereocenters. The SMILES string of the molecule is N#CC[C@H]1CN(c2nc(Cl)nc3cc(Br)ccc23)CCN1C(=O)O. The van der Waals surface area contributed by atoms with Gasteiger partial charge < -0.3 is 14.9 Å². The molecule has 1 aliphatic rings. The quantitative estimate of drug-likeness (QED) is 0.765. The summed E-state index contributed by atoms with van der Waals surface area (Å²) in [5, 5.41) is 19.2. The minimum absolute atomic E-state index is 0.130. The normalized spacial score (nSPS) is 17.8. The maximum absolute atomic E-state index is 11.3. The predicted octanol–water partition coefficient (Wildman–Crippen LogP) is 3.13. The zero-order chi connectivity index (χ0) is 17.3. The number of hydrogen-bond acceptors (Lipinski definition) is 5. The van der Waals surface area contributed by atoms with Crippen LogP contribution in [-0.4, -0.2) is 51.7 Å². The standard InChI is InChI=1S/C15H13BrClN5O2/c16-9-1-2-11-12(7-9)19-14(17)20-13(11)21-5-6-22(15(23)24)10(8-21)3-4-18/h1-2,7,10H,3,5-6,8H2,(H,23,24)/t10-/m0/s1. The Morgan fingerprint density at radius 1 is 1.46 bits per heavy atom. The van der Waals surface area contributed by atoms with E-state index in [1.165, 1.54) is 4.90 Å². The van der Waals surface area contributed by atoms with E-state index < -0.39 is 12.1 Å². The number of halogens is 2. The molecule has 1 amide bonds. The molecule has 0 unspecified atom stereocenters. The van der Waals surface area contributed by atoms with E-state index in [4.69, 9.17) is 16.9 Å². The second kappa shape index (κ2) is 6.79. The van der Waals surface area contributed by atoms with E-state index in [9.17, 15) is 9.90 Å². The molecule has 9 heteroatoms. The first-order valence-electron chi connectivity index (χ1n) is 7.24. The van der Waals surface area contributed by atoms with Crippen molar-refractivity contribution in [2.75, 3.05) is 24.5 Å². The summed E-state index contributed by atoms with van der Waals surface area (Å²) in [6.45, 7) is 1.17. The van der Waals surface area contributed by atoms with E-state index in [1.54, 1.807) is 0 Å². The molecule has 1 aliphatic heterocycles. The molecule has 1 N–H and O–H groups in total. The molecule has 2 aromatic rings. The molecule has 0 aliphatic carbocycles.